The number of aromatic nitrogens is 1. The van der Waals surface area contributed by atoms with Crippen LogP contribution in [-0.2, 0) is 9.47 Å². The van der Waals surface area contributed by atoms with Gasteiger partial charge in [0.15, 0.2) is 0 Å². The number of hydrogen-bond donors (Lipinski definition) is 1. The number of nitrogens with zero attached hydrogens (tertiary/aromatic N) is 2. The fraction of sp³-hybridized carbons (Fsp3) is 0.500. The number of carboxylic acid groups (broad SMARTS) is 1. The van der Waals surface area contributed by atoms with Gasteiger partial charge in [-0.2, -0.15) is 0 Å². The molecule has 100 valence electrons. The molecule has 6 nitrogen and oxygen atoms in total. The second kappa shape index (κ2) is 7.62. The third-order valence-electron chi connectivity index (χ3n) is 2.45. The third kappa shape index (κ3) is 4.31. The van der Waals surface area contributed by atoms with Crippen molar-refractivity contribution >= 4 is 11.8 Å². The van der Waals surface area contributed by atoms with Gasteiger partial charge in [-0.25, -0.2) is 9.78 Å². The maximum Gasteiger partial charge on any atom is 0.337 e. The maximum absolute atomic E-state index is 10.7. The Labute approximate surface area is 106 Å². The molecule has 0 amide bonds. The Bertz CT molecular complexity index is 359. The van der Waals surface area contributed by atoms with Gasteiger partial charge in [0, 0.05) is 33.5 Å². The zero-order chi connectivity index (χ0) is 13.4. The molecule has 0 atom stereocenters. The molecule has 6 heteroatoms. The lowest BCUT2D eigenvalue weighted by Crippen LogP contribution is -2.31. The number of anilines is 1. The standard InChI is InChI=1S/C12H18N2O4/c1-17-7-5-14(6-8-18-2)11-4-3-10(9-13-11)12(15)16/h3-4,9H,5-8H2,1-2H3,(H,15,16). The molecule has 0 spiro atoms. The molecule has 0 aliphatic rings. The third-order valence-corrected chi connectivity index (χ3v) is 2.45. The van der Waals surface area contributed by atoms with Crippen molar-refractivity contribution < 1.29 is 19.4 Å². The van der Waals surface area contributed by atoms with E-state index < -0.39 is 5.97 Å². The van der Waals surface area contributed by atoms with Crippen LogP contribution >= 0.6 is 0 Å². The highest BCUT2D eigenvalue weighted by Gasteiger charge is 2.09. The first-order valence-electron chi connectivity index (χ1n) is 5.61. The number of carbonyl (C=O) groups is 1. The summed E-state index contributed by atoms with van der Waals surface area (Å²) in [5, 5.41) is 8.80. The number of aromatic carboxylic acids is 1. The number of rotatable bonds is 8. The van der Waals surface area contributed by atoms with Crippen LogP contribution in [0.2, 0.25) is 0 Å². The number of carboxylic acids is 1. The zero-order valence-electron chi connectivity index (χ0n) is 10.6. The van der Waals surface area contributed by atoms with Crippen LogP contribution in [0.15, 0.2) is 18.3 Å². The molecule has 0 aromatic carbocycles. The fourth-order valence-corrected chi connectivity index (χ4v) is 1.44. The summed E-state index contributed by atoms with van der Waals surface area (Å²) < 4.78 is 10.1. The Morgan fingerprint density at radius 2 is 1.89 bits per heavy atom. The smallest absolute Gasteiger partial charge is 0.337 e. The SMILES string of the molecule is COCCN(CCOC)c1ccc(C(=O)O)cn1. The maximum atomic E-state index is 10.7. The summed E-state index contributed by atoms with van der Waals surface area (Å²) in [4.78, 5) is 16.9. The van der Waals surface area contributed by atoms with Crippen molar-refractivity contribution in [2.24, 2.45) is 0 Å². The Morgan fingerprint density at radius 3 is 2.28 bits per heavy atom. The van der Waals surface area contributed by atoms with Gasteiger partial charge in [-0.1, -0.05) is 0 Å². The molecule has 0 unspecified atom stereocenters. The van der Waals surface area contributed by atoms with E-state index in [2.05, 4.69) is 4.98 Å². The quantitative estimate of drug-likeness (QED) is 0.742. The van der Waals surface area contributed by atoms with E-state index >= 15 is 0 Å². The minimum absolute atomic E-state index is 0.178. The van der Waals surface area contributed by atoms with Gasteiger partial charge in [0.25, 0.3) is 0 Å². The summed E-state index contributed by atoms with van der Waals surface area (Å²) in [6.45, 7) is 2.51. The van der Waals surface area contributed by atoms with Gasteiger partial charge in [-0.3, -0.25) is 0 Å². The second-order valence-corrected chi connectivity index (χ2v) is 3.68. The lowest BCUT2D eigenvalue weighted by Gasteiger charge is -2.22. The molecule has 1 heterocycles. The van der Waals surface area contributed by atoms with Gasteiger partial charge in [0.2, 0.25) is 0 Å². The lowest BCUT2D eigenvalue weighted by atomic mass is 10.3. The van der Waals surface area contributed by atoms with E-state index in [1.807, 2.05) is 4.90 Å². The molecule has 1 aromatic heterocycles. The topological polar surface area (TPSA) is 71.9 Å². The average Bonchev–Trinajstić information content (AvgIpc) is 2.39. The Hall–Kier alpha value is -1.66. The first-order valence-corrected chi connectivity index (χ1v) is 5.61. The average molecular weight is 254 g/mol. The van der Waals surface area contributed by atoms with E-state index in [4.69, 9.17) is 14.6 Å². The second-order valence-electron chi connectivity index (χ2n) is 3.68. The highest BCUT2D eigenvalue weighted by molar-refractivity contribution is 5.87. The summed E-state index contributed by atoms with van der Waals surface area (Å²) in [5.41, 5.74) is 0.178. The molecule has 1 rings (SSSR count). The summed E-state index contributed by atoms with van der Waals surface area (Å²) in [6.07, 6.45) is 1.35. The van der Waals surface area contributed by atoms with Crippen LogP contribution in [0, 0.1) is 0 Å². The lowest BCUT2D eigenvalue weighted by molar-refractivity contribution is 0.0696. The highest BCUT2D eigenvalue weighted by atomic mass is 16.5. The Morgan fingerprint density at radius 1 is 1.28 bits per heavy atom. The predicted molar refractivity (Wildman–Crippen MR) is 67.2 cm³/mol. The van der Waals surface area contributed by atoms with Crippen molar-refractivity contribution in [2.75, 3.05) is 45.4 Å². The van der Waals surface area contributed by atoms with Crippen LogP contribution in [0.25, 0.3) is 0 Å². The van der Waals surface area contributed by atoms with Gasteiger partial charge in [-0.05, 0) is 12.1 Å². The summed E-state index contributed by atoms with van der Waals surface area (Å²) in [6, 6.07) is 3.23. The largest absolute Gasteiger partial charge is 0.478 e. The van der Waals surface area contributed by atoms with E-state index in [0.717, 1.165) is 0 Å². The first-order chi connectivity index (χ1) is 8.69. The van der Waals surface area contributed by atoms with Crippen molar-refractivity contribution in [1.82, 2.24) is 4.98 Å². The van der Waals surface area contributed by atoms with Crippen LogP contribution in [0.3, 0.4) is 0 Å². The molecule has 1 N–H and O–H groups in total. The number of methoxy groups -OCH3 is 2. The van der Waals surface area contributed by atoms with Crippen LogP contribution in [0.5, 0.6) is 0 Å². The van der Waals surface area contributed by atoms with Gasteiger partial charge in [0.1, 0.15) is 5.82 Å². The molecular weight excluding hydrogens is 236 g/mol. The highest BCUT2D eigenvalue weighted by Crippen LogP contribution is 2.11. The van der Waals surface area contributed by atoms with Crippen molar-refractivity contribution in [3.8, 4) is 0 Å². The van der Waals surface area contributed by atoms with Gasteiger partial charge >= 0.3 is 5.97 Å². The summed E-state index contributed by atoms with van der Waals surface area (Å²) >= 11 is 0. The van der Waals surface area contributed by atoms with E-state index in [0.29, 0.717) is 32.1 Å². The molecule has 0 aliphatic heterocycles. The first kappa shape index (κ1) is 14.4. The Balaban J connectivity index is 2.73. The molecule has 0 fully saturated rings. The molecule has 18 heavy (non-hydrogen) atoms. The van der Waals surface area contributed by atoms with Gasteiger partial charge < -0.3 is 19.5 Å². The van der Waals surface area contributed by atoms with Gasteiger partial charge in [-0.15, -0.1) is 0 Å². The van der Waals surface area contributed by atoms with Crippen molar-refractivity contribution in [3.05, 3.63) is 23.9 Å². The number of ether oxygens (including phenoxy) is 2. The van der Waals surface area contributed by atoms with Crippen molar-refractivity contribution in [3.63, 3.8) is 0 Å². The molecule has 0 radical (unpaired) electrons. The number of pyridine rings is 1. The van der Waals surface area contributed by atoms with E-state index in [9.17, 15) is 4.79 Å². The van der Waals surface area contributed by atoms with E-state index in [1.54, 1.807) is 20.3 Å². The van der Waals surface area contributed by atoms with Crippen molar-refractivity contribution in [2.45, 2.75) is 0 Å². The molecular formula is C12H18N2O4. The van der Waals surface area contributed by atoms with E-state index in [1.165, 1.54) is 12.3 Å². The summed E-state index contributed by atoms with van der Waals surface area (Å²) in [5.74, 6) is -0.261. The summed E-state index contributed by atoms with van der Waals surface area (Å²) in [7, 11) is 3.27. The molecule has 0 bridgehead atoms. The van der Waals surface area contributed by atoms with Crippen LogP contribution in [0.1, 0.15) is 10.4 Å². The van der Waals surface area contributed by atoms with Gasteiger partial charge in [0.05, 0.1) is 18.8 Å². The Kier molecular flexibility index (Phi) is 6.10. The molecule has 1 aromatic rings. The van der Waals surface area contributed by atoms with Crippen LogP contribution < -0.4 is 4.90 Å². The van der Waals surface area contributed by atoms with Crippen LogP contribution in [-0.4, -0.2) is 56.6 Å². The predicted octanol–water partition coefficient (Wildman–Crippen LogP) is 0.879. The minimum Gasteiger partial charge on any atom is -0.478 e. The monoisotopic (exact) mass is 254 g/mol. The number of hydrogen-bond acceptors (Lipinski definition) is 5. The molecule has 0 aliphatic carbocycles. The van der Waals surface area contributed by atoms with Crippen molar-refractivity contribution in [1.29, 1.82) is 0 Å². The molecule has 0 saturated heterocycles. The normalized spacial score (nSPS) is 10.3. The molecule has 0 saturated carbocycles. The van der Waals surface area contributed by atoms with Crippen LogP contribution in [0.4, 0.5) is 5.82 Å². The zero-order valence-corrected chi connectivity index (χ0v) is 10.6. The fourth-order valence-electron chi connectivity index (χ4n) is 1.44. The van der Waals surface area contributed by atoms with E-state index in [-0.39, 0.29) is 5.56 Å². The minimum atomic E-state index is -0.977.